The molecule has 1 unspecified atom stereocenters. The first-order valence-electron chi connectivity index (χ1n) is 13.2. The van der Waals surface area contributed by atoms with Crippen LogP contribution in [0.25, 0.3) is 11.3 Å². The molecule has 1 heterocycles. The van der Waals surface area contributed by atoms with Gasteiger partial charge in [-0.1, -0.05) is 73.9 Å². The Hall–Kier alpha value is -4.19. The Balaban J connectivity index is 1.57. The second-order valence-corrected chi connectivity index (χ2v) is 9.96. The van der Waals surface area contributed by atoms with E-state index in [0.29, 0.717) is 16.9 Å². The standard InChI is InChI=1S/C32H32FN3O2/c1-22-9-8-14-27(21-22)36(32(38)29-20-19-28(35-29)23-10-4-2-5-11-23)30(24-15-17-25(33)18-16-24)31(37)34-26-12-6-3-7-13-26/h2,4-5,8-11,14-21,26,30,35H,3,6-7,12-13H2,1H3,(H,34,37). The van der Waals surface area contributed by atoms with Crippen LogP contribution in [0.2, 0.25) is 0 Å². The van der Waals surface area contributed by atoms with Crippen LogP contribution in [0.15, 0.2) is 91.0 Å². The highest BCUT2D eigenvalue weighted by molar-refractivity contribution is 6.09. The second-order valence-electron chi connectivity index (χ2n) is 9.96. The molecule has 0 bridgehead atoms. The molecular weight excluding hydrogens is 477 g/mol. The number of nitrogens with one attached hydrogen (secondary N) is 2. The summed E-state index contributed by atoms with van der Waals surface area (Å²) in [6, 6.07) is 25.8. The SMILES string of the molecule is Cc1cccc(N(C(=O)c2ccc(-c3ccccc3)[nH]2)C(C(=O)NC2CCCCC2)c2ccc(F)cc2)c1. The van der Waals surface area contributed by atoms with Crippen molar-refractivity contribution in [1.82, 2.24) is 10.3 Å². The van der Waals surface area contributed by atoms with Crippen LogP contribution in [0.1, 0.15) is 59.8 Å². The number of nitrogens with zero attached hydrogens (tertiary/aromatic N) is 1. The number of rotatable bonds is 7. The van der Waals surface area contributed by atoms with E-state index in [-0.39, 0.29) is 17.9 Å². The van der Waals surface area contributed by atoms with Gasteiger partial charge >= 0.3 is 0 Å². The maximum absolute atomic E-state index is 14.2. The van der Waals surface area contributed by atoms with E-state index in [1.165, 1.54) is 17.0 Å². The van der Waals surface area contributed by atoms with Crippen LogP contribution in [0.3, 0.4) is 0 Å². The number of hydrogen-bond donors (Lipinski definition) is 2. The van der Waals surface area contributed by atoms with Crippen LogP contribution in [0.4, 0.5) is 10.1 Å². The van der Waals surface area contributed by atoms with E-state index in [1.54, 1.807) is 18.2 Å². The molecule has 0 radical (unpaired) electrons. The molecule has 1 atom stereocenters. The summed E-state index contributed by atoms with van der Waals surface area (Å²) >= 11 is 0. The normalized spacial score (nSPS) is 14.6. The molecule has 0 spiro atoms. The molecule has 1 fully saturated rings. The average molecular weight is 510 g/mol. The van der Waals surface area contributed by atoms with E-state index in [2.05, 4.69) is 10.3 Å². The molecule has 2 N–H and O–H groups in total. The van der Waals surface area contributed by atoms with Crippen LogP contribution >= 0.6 is 0 Å². The van der Waals surface area contributed by atoms with E-state index >= 15 is 0 Å². The van der Waals surface area contributed by atoms with Gasteiger partial charge in [0.1, 0.15) is 17.6 Å². The Bertz CT molecular complexity index is 1390. The van der Waals surface area contributed by atoms with Crippen LogP contribution in [-0.2, 0) is 4.79 Å². The molecule has 1 aliphatic rings. The van der Waals surface area contributed by atoms with Crippen molar-refractivity contribution in [1.29, 1.82) is 0 Å². The zero-order valence-electron chi connectivity index (χ0n) is 21.5. The van der Waals surface area contributed by atoms with Gasteiger partial charge in [-0.3, -0.25) is 14.5 Å². The number of carbonyl (C=O) groups is 2. The summed E-state index contributed by atoms with van der Waals surface area (Å²) in [7, 11) is 0. The summed E-state index contributed by atoms with van der Waals surface area (Å²) in [5.74, 6) is -1.01. The second kappa shape index (κ2) is 11.5. The van der Waals surface area contributed by atoms with Gasteiger partial charge in [0.2, 0.25) is 5.91 Å². The number of aromatic nitrogens is 1. The Kier molecular flexibility index (Phi) is 7.68. The van der Waals surface area contributed by atoms with Crippen molar-refractivity contribution in [3.63, 3.8) is 0 Å². The minimum atomic E-state index is -0.977. The van der Waals surface area contributed by atoms with E-state index in [9.17, 15) is 14.0 Å². The summed E-state index contributed by atoms with van der Waals surface area (Å²) in [6.07, 6.45) is 5.13. The molecule has 5 nitrogen and oxygen atoms in total. The van der Waals surface area contributed by atoms with Crippen molar-refractivity contribution in [2.75, 3.05) is 4.90 Å². The molecule has 38 heavy (non-hydrogen) atoms. The third-order valence-electron chi connectivity index (χ3n) is 7.14. The van der Waals surface area contributed by atoms with Gasteiger partial charge in [-0.2, -0.15) is 0 Å². The molecule has 1 aliphatic carbocycles. The first-order valence-corrected chi connectivity index (χ1v) is 13.2. The lowest BCUT2D eigenvalue weighted by Gasteiger charge is -2.33. The van der Waals surface area contributed by atoms with Crippen molar-refractivity contribution < 1.29 is 14.0 Å². The molecule has 6 heteroatoms. The monoisotopic (exact) mass is 509 g/mol. The van der Waals surface area contributed by atoms with Gasteiger partial charge in [0, 0.05) is 17.4 Å². The number of anilines is 1. The fourth-order valence-corrected chi connectivity index (χ4v) is 5.19. The number of H-pyrrole nitrogens is 1. The Morgan fingerprint density at radius 1 is 0.895 bits per heavy atom. The molecule has 1 saturated carbocycles. The summed E-state index contributed by atoms with van der Waals surface area (Å²) in [4.78, 5) is 32.9. The fourth-order valence-electron chi connectivity index (χ4n) is 5.19. The van der Waals surface area contributed by atoms with E-state index in [4.69, 9.17) is 0 Å². The molecule has 3 aromatic carbocycles. The Labute approximate surface area is 222 Å². The predicted octanol–water partition coefficient (Wildman–Crippen LogP) is 6.97. The maximum Gasteiger partial charge on any atom is 0.275 e. The minimum absolute atomic E-state index is 0.0591. The van der Waals surface area contributed by atoms with E-state index in [0.717, 1.165) is 48.9 Å². The minimum Gasteiger partial charge on any atom is -0.351 e. The fraction of sp³-hybridized carbons (Fsp3) is 0.250. The Morgan fingerprint density at radius 2 is 1.63 bits per heavy atom. The van der Waals surface area contributed by atoms with Crippen molar-refractivity contribution >= 4 is 17.5 Å². The number of carbonyl (C=O) groups excluding carboxylic acids is 2. The Morgan fingerprint density at radius 3 is 2.34 bits per heavy atom. The molecule has 2 amide bonds. The van der Waals surface area contributed by atoms with Crippen LogP contribution in [-0.4, -0.2) is 22.8 Å². The quantitative estimate of drug-likeness (QED) is 0.283. The zero-order valence-corrected chi connectivity index (χ0v) is 21.5. The molecule has 194 valence electrons. The third-order valence-corrected chi connectivity index (χ3v) is 7.14. The number of benzene rings is 3. The summed E-state index contributed by atoms with van der Waals surface area (Å²) < 4.78 is 13.9. The number of aromatic amines is 1. The van der Waals surface area contributed by atoms with E-state index in [1.807, 2.05) is 67.6 Å². The van der Waals surface area contributed by atoms with Gasteiger partial charge in [-0.05, 0) is 72.9 Å². The highest BCUT2D eigenvalue weighted by Crippen LogP contribution is 2.32. The van der Waals surface area contributed by atoms with Gasteiger partial charge in [-0.25, -0.2) is 4.39 Å². The molecule has 1 aromatic heterocycles. The smallest absolute Gasteiger partial charge is 0.275 e. The van der Waals surface area contributed by atoms with Gasteiger partial charge in [-0.15, -0.1) is 0 Å². The lowest BCUT2D eigenvalue weighted by atomic mass is 9.94. The lowest BCUT2D eigenvalue weighted by Crippen LogP contribution is -2.47. The van der Waals surface area contributed by atoms with Crippen LogP contribution < -0.4 is 10.2 Å². The number of aryl methyl sites for hydroxylation is 1. The molecule has 0 saturated heterocycles. The first-order chi connectivity index (χ1) is 18.5. The number of halogens is 1. The van der Waals surface area contributed by atoms with Gasteiger partial charge in [0.25, 0.3) is 5.91 Å². The lowest BCUT2D eigenvalue weighted by molar-refractivity contribution is -0.123. The van der Waals surface area contributed by atoms with Gasteiger partial charge in [0.05, 0.1) is 0 Å². The average Bonchev–Trinajstić information content (AvgIpc) is 3.44. The van der Waals surface area contributed by atoms with Gasteiger partial charge in [0.15, 0.2) is 0 Å². The highest BCUT2D eigenvalue weighted by Gasteiger charge is 2.35. The van der Waals surface area contributed by atoms with Crippen molar-refractivity contribution in [2.24, 2.45) is 0 Å². The zero-order chi connectivity index (χ0) is 26.5. The third kappa shape index (κ3) is 5.70. The van der Waals surface area contributed by atoms with Crippen molar-refractivity contribution in [3.8, 4) is 11.3 Å². The summed E-state index contributed by atoms with van der Waals surface area (Å²) in [6.45, 7) is 1.95. The molecular formula is C32H32FN3O2. The van der Waals surface area contributed by atoms with E-state index < -0.39 is 11.9 Å². The highest BCUT2D eigenvalue weighted by atomic mass is 19.1. The first kappa shape index (κ1) is 25.5. The number of amides is 2. The van der Waals surface area contributed by atoms with Crippen LogP contribution in [0.5, 0.6) is 0 Å². The predicted molar refractivity (Wildman–Crippen MR) is 148 cm³/mol. The maximum atomic E-state index is 14.2. The van der Waals surface area contributed by atoms with Crippen LogP contribution in [0, 0.1) is 12.7 Å². The largest absolute Gasteiger partial charge is 0.351 e. The van der Waals surface area contributed by atoms with Crippen molar-refractivity contribution in [3.05, 3.63) is 114 Å². The molecule has 0 aliphatic heterocycles. The molecule has 5 rings (SSSR count). The number of hydrogen-bond acceptors (Lipinski definition) is 2. The summed E-state index contributed by atoms with van der Waals surface area (Å²) in [5, 5.41) is 3.20. The molecule has 4 aromatic rings. The topological polar surface area (TPSA) is 65.2 Å². The van der Waals surface area contributed by atoms with Gasteiger partial charge < -0.3 is 10.3 Å². The van der Waals surface area contributed by atoms with Crippen molar-refractivity contribution in [2.45, 2.75) is 51.1 Å². The summed E-state index contributed by atoms with van der Waals surface area (Å²) in [5.41, 5.74) is 4.23.